The van der Waals surface area contributed by atoms with Crippen LogP contribution in [0.3, 0.4) is 0 Å². The van der Waals surface area contributed by atoms with E-state index in [0.29, 0.717) is 52.3 Å². The highest BCUT2D eigenvalue weighted by Gasteiger charge is 2.38. The van der Waals surface area contributed by atoms with Crippen molar-refractivity contribution in [1.29, 1.82) is 0 Å². The van der Waals surface area contributed by atoms with Crippen LogP contribution in [0.1, 0.15) is 107 Å². The number of ether oxygens (including phenoxy) is 1. The number of hydrogen-bond acceptors (Lipinski definition) is 6. The van der Waals surface area contributed by atoms with Gasteiger partial charge in [-0.3, -0.25) is 9.59 Å². The summed E-state index contributed by atoms with van der Waals surface area (Å²) in [5, 5.41) is 3.12. The Morgan fingerprint density at radius 2 is 1.40 bits per heavy atom. The lowest BCUT2D eigenvalue weighted by atomic mass is 9.79. The molecule has 10 heteroatoms. The van der Waals surface area contributed by atoms with E-state index in [2.05, 4.69) is 129 Å². The van der Waals surface area contributed by atoms with Crippen LogP contribution in [0.4, 0.5) is 0 Å². The van der Waals surface area contributed by atoms with Gasteiger partial charge >= 0.3 is 0 Å². The van der Waals surface area contributed by atoms with Crippen molar-refractivity contribution in [3.8, 4) is 0 Å². The van der Waals surface area contributed by atoms with E-state index in [9.17, 15) is 9.59 Å². The highest BCUT2D eigenvalue weighted by molar-refractivity contribution is 7.44. The largest absolute Gasteiger partial charge is 0.361 e. The van der Waals surface area contributed by atoms with Gasteiger partial charge in [0.05, 0.1) is 6.61 Å². The van der Waals surface area contributed by atoms with Crippen LogP contribution in [0.2, 0.25) is 0 Å². The van der Waals surface area contributed by atoms with Crippen LogP contribution in [0.25, 0.3) is 4.85 Å². The Hall–Kier alpha value is -3.64. The molecule has 0 saturated carbocycles. The Balaban J connectivity index is 1.23. The SMILES string of the molecule is [C-]#[N+]CCOP(OCCCCCC(=O)N1CCC[C@H]1C(=O)NCCCCOC(c1ccccc1)(c1ccc(C)cc1)c1ccc(C)cc1)N(C(C)C)C(C)C. The smallest absolute Gasteiger partial charge is 0.259 e. The zero-order chi connectivity index (χ0) is 39.6. The van der Waals surface area contributed by atoms with E-state index >= 15 is 0 Å². The minimum atomic E-state index is -1.25. The number of benzene rings is 3. The third-order valence-electron chi connectivity index (χ3n) is 10.0. The zero-order valence-corrected chi connectivity index (χ0v) is 34.9. The molecular weight excluding hydrogens is 707 g/mol. The van der Waals surface area contributed by atoms with Gasteiger partial charge in [0.15, 0.2) is 0 Å². The van der Waals surface area contributed by atoms with Gasteiger partial charge in [0.25, 0.3) is 8.53 Å². The molecule has 55 heavy (non-hydrogen) atoms. The molecule has 3 aromatic carbocycles. The highest BCUT2D eigenvalue weighted by Crippen LogP contribution is 2.46. The Morgan fingerprint density at radius 3 is 2.00 bits per heavy atom. The number of unbranched alkanes of at least 4 members (excludes halogenated alkanes) is 3. The van der Waals surface area contributed by atoms with Crippen LogP contribution < -0.4 is 5.32 Å². The van der Waals surface area contributed by atoms with Crippen LogP contribution in [0.5, 0.6) is 0 Å². The molecule has 9 nitrogen and oxygen atoms in total. The first kappa shape index (κ1) is 44.1. The predicted octanol–water partition coefficient (Wildman–Crippen LogP) is 9.36. The molecule has 298 valence electrons. The summed E-state index contributed by atoms with van der Waals surface area (Å²) in [6.45, 7) is 22.6. The fourth-order valence-corrected chi connectivity index (χ4v) is 8.89. The Bertz CT molecular complexity index is 1570. The molecule has 1 saturated heterocycles. The minimum absolute atomic E-state index is 0.0481. The van der Waals surface area contributed by atoms with E-state index in [1.54, 1.807) is 4.90 Å². The number of nitrogens with zero attached hydrogens (tertiary/aromatic N) is 3. The first-order valence-electron chi connectivity index (χ1n) is 20.2. The van der Waals surface area contributed by atoms with Gasteiger partial charge in [0.2, 0.25) is 18.4 Å². The fourth-order valence-electron chi connectivity index (χ4n) is 7.27. The number of hydrogen-bond donors (Lipinski definition) is 1. The summed E-state index contributed by atoms with van der Waals surface area (Å²) in [7, 11) is -1.25. The maximum atomic E-state index is 13.3. The first-order chi connectivity index (χ1) is 26.6. The molecule has 0 aliphatic carbocycles. The van der Waals surface area contributed by atoms with Crippen molar-refractivity contribution in [3.05, 3.63) is 118 Å². The summed E-state index contributed by atoms with van der Waals surface area (Å²) in [6.07, 6.45) is 5.91. The molecule has 0 bridgehead atoms. The lowest BCUT2D eigenvalue weighted by Gasteiger charge is -2.36. The van der Waals surface area contributed by atoms with Gasteiger partial charge in [-0.25, -0.2) is 11.2 Å². The summed E-state index contributed by atoms with van der Waals surface area (Å²) >= 11 is 0. The molecule has 1 aliphatic heterocycles. The Kier molecular flexibility index (Phi) is 18.3. The lowest BCUT2D eigenvalue weighted by molar-refractivity contribution is -0.138. The molecule has 1 fully saturated rings. The van der Waals surface area contributed by atoms with Gasteiger partial charge in [0.1, 0.15) is 18.2 Å². The molecule has 2 atom stereocenters. The van der Waals surface area contributed by atoms with Crippen molar-refractivity contribution >= 4 is 20.3 Å². The zero-order valence-electron chi connectivity index (χ0n) is 34.0. The molecular formula is C45H63N4O5P. The standard InChI is InChI=1S/C45H63N4O5P/c1-35(2)49(36(3)4)55(54-34-30-46-7)53-33-14-9-12-20-43(50)48-31-16-19-42(48)44(51)47-29-13-15-32-52-45(39-17-10-8-11-18-39,40-25-21-37(5)22-26-40)41-27-23-38(6)24-28-41/h8,10-11,17-18,21-28,35-36,42H,9,12-16,19-20,29-34H2,1-6H3,(H,47,51)/t42-,55?/m0/s1. The average Bonchev–Trinajstić information content (AvgIpc) is 3.67. The number of carbonyl (C=O) groups is 2. The molecule has 0 spiro atoms. The average molecular weight is 771 g/mol. The molecule has 1 heterocycles. The van der Waals surface area contributed by atoms with Crippen LogP contribution in [0, 0.1) is 20.4 Å². The summed E-state index contributed by atoms with van der Waals surface area (Å²) in [5.41, 5.74) is 4.84. The quantitative estimate of drug-likeness (QED) is 0.0448. The molecule has 1 N–H and O–H groups in total. The number of nitrogens with one attached hydrogen (secondary N) is 1. The lowest BCUT2D eigenvalue weighted by Crippen LogP contribution is -2.46. The first-order valence-corrected chi connectivity index (χ1v) is 21.3. The number of aryl methyl sites for hydroxylation is 2. The number of likely N-dealkylation sites (tertiary alicyclic amines) is 1. The molecule has 0 aromatic heterocycles. The van der Waals surface area contributed by atoms with Crippen molar-refractivity contribution in [3.63, 3.8) is 0 Å². The summed E-state index contributed by atoms with van der Waals surface area (Å²) < 4.78 is 21.3. The molecule has 2 amide bonds. The van der Waals surface area contributed by atoms with Gasteiger partial charge in [-0.2, -0.15) is 0 Å². The maximum Gasteiger partial charge on any atom is 0.259 e. The third-order valence-corrected chi connectivity index (χ3v) is 12.2. The topological polar surface area (TPSA) is 84.7 Å². The molecule has 4 rings (SSSR count). The minimum Gasteiger partial charge on any atom is -0.361 e. The second-order valence-electron chi connectivity index (χ2n) is 15.0. The van der Waals surface area contributed by atoms with Crippen molar-refractivity contribution < 1.29 is 23.4 Å². The van der Waals surface area contributed by atoms with E-state index in [1.165, 1.54) is 11.1 Å². The van der Waals surface area contributed by atoms with Crippen LogP contribution in [-0.4, -0.2) is 79.0 Å². The Morgan fingerprint density at radius 1 is 0.818 bits per heavy atom. The van der Waals surface area contributed by atoms with Crippen molar-refractivity contribution in [2.24, 2.45) is 0 Å². The van der Waals surface area contributed by atoms with Gasteiger partial charge in [0, 0.05) is 38.2 Å². The van der Waals surface area contributed by atoms with Crippen molar-refractivity contribution in [2.45, 2.75) is 117 Å². The second-order valence-corrected chi connectivity index (χ2v) is 16.5. The van der Waals surface area contributed by atoms with Gasteiger partial charge < -0.3 is 28.8 Å². The Labute approximate surface area is 331 Å². The van der Waals surface area contributed by atoms with Gasteiger partial charge in [-0.05, 0) is 96.8 Å². The molecule has 3 aromatic rings. The van der Waals surface area contributed by atoms with Crippen LogP contribution in [0.15, 0.2) is 78.9 Å². The number of amides is 2. The predicted molar refractivity (Wildman–Crippen MR) is 222 cm³/mol. The number of rotatable bonds is 23. The highest BCUT2D eigenvalue weighted by atomic mass is 31.2. The van der Waals surface area contributed by atoms with Crippen molar-refractivity contribution in [1.82, 2.24) is 14.9 Å². The van der Waals surface area contributed by atoms with Crippen LogP contribution >= 0.6 is 8.53 Å². The van der Waals surface area contributed by atoms with Crippen LogP contribution in [-0.2, 0) is 29.0 Å². The van der Waals surface area contributed by atoms with Gasteiger partial charge in [-0.1, -0.05) is 96.4 Å². The normalized spacial score (nSPS) is 15.1. The summed E-state index contributed by atoms with van der Waals surface area (Å²) in [5.74, 6) is -0.0171. The van der Waals surface area contributed by atoms with Crippen molar-refractivity contribution in [2.75, 3.05) is 39.5 Å². The van der Waals surface area contributed by atoms with E-state index in [-0.39, 0.29) is 23.9 Å². The summed E-state index contributed by atoms with van der Waals surface area (Å²) in [4.78, 5) is 31.7. The van der Waals surface area contributed by atoms with E-state index < -0.39 is 20.2 Å². The monoisotopic (exact) mass is 770 g/mol. The fraction of sp³-hybridized carbons (Fsp3) is 0.533. The third kappa shape index (κ3) is 12.7. The number of carbonyl (C=O) groups excluding carboxylic acids is 2. The molecule has 1 unspecified atom stereocenters. The molecule has 1 aliphatic rings. The summed E-state index contributed by atoms with van der Waals surface area (Å²) in [6, 6.07) is 27.7. The van der Waals surface area contributed by atoms with E-state index in [0.717, 1.165) is 55.2 Å². The molecule has 0 radical (unpaired) electrons. The maximum absolute atomic E-state index is 13.3. The van der Waals surface area contributed by atoms with E-state index in [4.69, 9.17) is 20.4 Å². The second kappa shape index (κ2) is 22.8. The van der Waals surface area contributed by atoms with E-state index in [1.807, 2.05) is 6.07 Å². The van der Waals surface area contributed by atoms with Gasteiger partial charge in [-0.15, -0.1) is 0 Å².